The molecule has 0 aliphatic carbocycles. The fourth-order valence-corrected chi connectivity index (χ4v) is 2.50. The van der Waals surface area contributed by atoms with Gasteiger partial charge in [-0.3, -0.25) is 9.59 Å². The van der Waals surface area contributed by atoms with Gasteiger partial charge in [0.05, 0.1) is 23.9 Å². The number of hydrogen-bond donors (Lipinski definition) is 3. The highest BCUT2D eigenvalue weighted by molar-refractivity contribution is 7.07. The van der Waals surface area contributed by atoms with Crippen LogP contribution in [0.1, 0.15) is 34.9 Å². The molecule has 0 fully saturated rings. The van der Waals surface area contributed by atoms with Crippen LogP contribution in [0.25, 0.3) is 0 Å². The third kappa shape index (κ3) is 4.37. The number of amides is 1. The molecule has 0 aliphatic rings. The quantitative estimate of drug-likeness (QED) is 0.674. The predicted octanol–water partition coefficient (Wildman–Crippen LogP) is 1.66. The molecule has 116 valence electrons. The second-order valence-electron chi connectivity index (χ2n) is 4.69. The summed E-state index contributed by atoms with van der Waals surface area (Å²) in [6.07, 6.45) is 0.0895. The number of hydrogen-bond acceptors (Lipinski definition) is 6. The number of aromatic hydroxyl groups is 1. The van der Waals surface area contributed by atoms with Crippen molar-refractivity contribution in [2.75, 3.05) is 6.61 Å². The van der Waals surface area contributed by atoms with Gasteiger partial charge in [-0.05, 0) is 24.3 Å². The van der Waals surface area contributed by atoms with Gasteiger partial charge in [0.2, 0.25) is 5.91 Å². The molecule has 0 saturated heterocycles. The molecule has 1 unspecified atom stereocenters. The monoisotopic (exact) mass is 320 g/mol. The number of carbonyl (C=O) groups excluding carboxylic acids is 2. The first-order chi connectivity index (χ1) is 10.6. The van der Waals surface area contributed by atoms with Crippen molar-refractivity contribution in [2.24, 2.45) is 0 Å². The van der Waals surface area contributed by atoms with Gasteiger partial charge in [0.15, 0.2) is 5.78 Å². The van der Waals surface area contributed by atoms with Crippen molar-refractivity contribution in [2.45, 2.75) is 18.9 Å². The Morgan fingerprint density at radius 2 is 1.95 bits per heavy atom. The maximum absolute atomic E-state index is 11.9. The molecule has 2 rings (SSSR count). The smallest absolute Gasteiger partial charge is 0.221 e. The van der Waals surface area contributed by atoms with Crippen molar-refractivity contribution in [3.8, 4) is 5.75 Å². The number of carbonyl (C=O) groups is 2. The van der Waals surface area contributed by atoms with Crippen LogP contribution in [0.5, 0.6) is 5.75 Å². The fraction of sp³-hybridized carbons (Fsp3) is 0.267. The Hall–Kier alpha value is -2.25. The molecule has 0 aliphatic heterocycles. The second kappa shape index (κ2) is 7.67. The number of nitrogens with zero attached hydrogens (tertiary/aromatic N) is 1. The Bertz CT molecular complexity index is 626. The van der Waals surface area contributed by atoms with Crippen LogP contribution in [0.2, 0.25) is 0 Å². The zero-order valence-electron chi connectivity index (χ0n) is 11.7. The zero-order valence-corrected chi connectivity index (χ0v) is 12.5. The van der Waals surface area contributed by atoms with Crippen molar-refractivity contribution in [1.29, 1.82) is 0 Å². The zero-order chi connectivity index (χ0) is 15.9. The van der Waals surface area contributed by atoms with Crippen molar-refractivity contribution < 1.29 is 19.8 Å². The normalized spacial score (nSPS) is 11.9. The van der Waals surface area contributed by atoms with Gasteiger partial charge < -0.3 is 15.5 Å². The maximum atomic E-state index is 11.9. The van der Waals surface area contributed by atoms with Gasteiger partial charge in [-0.25, -0.2) is 4.98 Å². The number of ketones is 1. The van der Waals surface area contributed by atoms with Crippen LogP contribution in [0.4, 0.5) is 0 Å². The number of benzene rings is 1. The molecule has 1 heterocycles. The van der Waals surface area contributed by atoms with Crippen LogP contribution in [-0.4, -0.2) is 33.5 Å². The minimum atomic E-state index is -0.553. The first kappa shape index (κ1) is 16.1. The highest BCUT2D eigenvalue weighted by atomic mass is 32.1. The SMILES string of the molecule is O=C(CCC(=O)c1ccc(O)cc1)NC(CO)c1cscn1. The molecule has 1 aromatic heterocycles. The molecular weight excluding hydrogens is 304 g/mol. The standard InChI is InChI=1S/C15H16N2O4S/c18-7-12(13-8-22-9-16-13)17-15(21)6-5-14(20)10-1-3-11(19)4-2-10/h1-4,8-9,12,18-19H,5-7H2,(H,17,21). The first-order valence-electron chi connectivity index (χ1n) is 6.70. The van der Waals surface area contributed by atoms with Crippen molar-refractivity contribution in [3.05, 3.63) is 46.4 Å². The average molecular weight is 320 g/mol. The number of nitrogens with one attached hydrogen (secondary N) is 1. The number of aromatic nitrogens is 1. The molecule has 6 nitrogen and oxygen atoms in total. The van der Waals surface area contributed by atoms with Crippen LogP contribution >= 0.6 is 11.3 Å². The van der Waals surface area contributed by atoms with E-state index in [9.17, 15) is 14.7 Å². The van der Waals surface area contributed by atoms with E-state index >= 15 is 0 Å². The Morgan fingerprint density at radius 3 is 2.55 bits per heavy atom. The van der Waals surface area contributed by atoms with Crippen LogP contribution in [-0.2, 0) is 4.79 Å². The van der Waals surface area contributed by atoms with Crippen molar-refractivity contribution >= 4 is 23.0 Å². The molecule has 3 N–H and O–H groups in total. The Morgan fingerprint density at radius 1 is 1.23 bits per heavy atom. The highest BCUT2D eigenvalue weighted by Crippen LogP contribution is 2.14. The summed E-state index contributed by atoms with van der Waals surface area (Å²) in [4.78, 5) is 27.8. The van der Waals surface area contributed by atoms with E-state index < -0.39 is 6.04 Å². The van der Waals surface area contributed by atoms with E-state index in [1.807, 2.05) is 0 Å². The maximum Gasteiger partial charge on any atom is 0.221 e. The Balaban J connectivity index is 1.84. The van der Waals surface area contributed by atoms with E-state index in [4.69, 9.17) is 5.11 Å². The summed E-state index contributed by atoms with van der Waals surface area (Å²) in [6.45, 7) is -0.249. The molecule has 2 aromatic rings. The van der Waals surface area contributed by atoms with Crippen LogP contribution < -0.4 is 5.32 Å². The highest BCUT2D eigenvalue weighted by Gasteiger charge is 2.16. The van der Waals surface area contributed by atoms with E-state index in [1.54, 1.807) is 10.9 Å². The van der Waals surface area contributed by atoms with Gasteiger partial charge in [-0.2, -0.15) is 0 Å². The summed E-state index contributed by atoms with van der Waals surface area (Å²) in [5, 5.41) is 22.9. The van der Waals surface area contributed by atoms with Crippen molar-refractivity contribution in [3.63, 3.8) is 0 Å². The van der Waals surface area contributed by atoms with Gasteiger partial charge in [0, 0.05) is 23.8 Å². The lowest BCUT2D eigenvalue weighted by Crippen LogP contribution is -2.31. The molecule has 1 aromatic carbocycles. The van der Waals surface area contributed by atoms with E-state index in [0.717, 1.165) is 0 Å². The van der Waals surface area contributed by atoms with Crippen molar-refractivity contribution in [1.82, 2.24) is 10.3 Å². The third-order valence-electron chi connectivity index (χ3n) is 3.09. The largest absolute Gasteiger partial charge is 0.508 e. The lowest BCUT2D eigenvalue weighted by atomic mass is 10.1. The summed E-state index contributed by atoms with van der Waals surface area (Å²) < 4.78 is 0. The fourth-order valence-electron chi connectivity index (χ4n) is 1.89. The topological polar surface area (TPSA) is 99.5 Å². The number of phenolic OH excluding ortho intramolecular Hbond substituents is 1. The Labute approximate surface area is 131 Å². The summed E-state index contributed by atoms with van der Waals surface area (Å²) in [7, 11) is 0. The summed E-state index contributed by atoms with van der Waals surface area (Å²) in [6, 6.07) is 5.33. The van der Waals surface area contributed by atoms with Gasteiger partial charge in [0.1, 0.15) is 5.75 Å². The molecule has 7 heteroatoms. The average Bonchev–Trinajstić information content (AvgIpc) is 3.05. The van der Waals surface area contributed by atoms with Crippen LogP contribution in [0.15, 0.2) is 35.2 Å². The van der Waals surface area contributed by atoms with Gasteiger partial charge in [-0.15, -0.1) is 11.3 Å². The van der Waals surface area contributed by atoms with Crippen LogP contribution in [0, 0.1) is 0 Å². The number of rotatable bonds is 7. The molecule has 22 heavy (non-hydrogen) atoms. The molecule has 1 atom stereocenters. The van der Waals surface area contributed by atoms with Gasteiger partial charge in [-0.1, -0.05) is 0 Å². The summed E-state index contributed by atoms with van der Waals surface area (Å²) in [5.74, 6) is -0.410. The van der Waals surface area contributed by atoms with E-state index in [1.165, 1.54) is 35.6 Å². The number of phenols is 1. The minimum absolute atomic E-state index is 0.0281. The number of aliphatic hydroxyl groups is 1. The van der Waals surface area contributed by atoms with E-state index in [2.05, 4.69) is 10.3 Å². The number of thiazole rings is 1. The molecule has 0 radical (unpaired) electrons. The summed E-state index contributed by atoms with van der Waals surface area (Å²) >= 11 is 1.38. The molecule has 0 bridgehead atoms. The molecule has 0 spiro atoms. The molecular formula is C15H16N2O4S. The lowest BCUT2D eigenvalue weighted by molar-refractivity contribution is -0.122. The lowest BCUT2D eigenvalue weighted by Gasteiger charge is -2.13. The number of aliphatic hydroxyl groups excluding tert-OH is 1. The number of Topliss-reactive ketones (excluding diaryl/α,β-unsaturated/α-hetero) is 1. The predicted molar refractivity (Wildman–Crippen MR) is 81.8 cm³/mol. The van der Waals surface area contributed by atoms with E-state index in [-0.39, 0.29) is 36.9 Å². The van der Waals surface area contributed by atoms with Gasteiger partial charge in [0.25, 0.3) is 0 Å². The minimum Gasteiger partial charge on any atom is -0.508 e. The molecule has 1 amide bonds. The van der Waals surface area contributed by atoms with Gasteiger partial charge >= 0.3 is 0 Å². The Kier molecular flexibility index (Phi) is 5.62. The molecule has 0 saturated carbocycles. The van der Waals surface area contributed by atoms with E-state index in [0.29, 0.717) is 11.3 Å². The first-order valence-corrected chi connectivity index (χ1v) is 7.65. The second-order valence-corrected chi connectivity index (χ2v) is 5.40. The van der Waals surface area contributed by atoms with Crippen LogP contribution in [0.3, 0.4) is 0 Å². The third-order valence-corrected chi connectivity index (χ3v) is 3.70. The summed E-state index contributed by atoms with van der Waals surface area (Å²) in [5.41, 5.74) is 2.67.